The highest BCUT2D eigenvalue weighted by Crippen LogP contribution is 2.24. The first-order valence-corrected chi connectivity index (χ1v) is 10.0. The van der Waals surface area contributed by atoms with Crippen LogP contribution in [0.4, 0.5) is 0 Å². The van der Waals surface area contributed by atoms with Gasteiger partial charge < -0.3 is 10.4 Å². The van der Waals surface area contributed by atoms with E-state index in [2.05, 4.69) is 27.4 Å². The summed E-state index contributed by atoms with van der Waals surface area (Å²) in [6.07, 6.45) is 0.821. The third-order valence-corrected chi connectivity index (χ3v) is 5.28. The number of fused-ring (bicyclic) bond motifs is 1. The highest BCUT2D eigenvalue weighted by atomic mass is 16.3. The summed E-state index contributed by atoms with van der Waals surface area (Å²) in [6, 6.07) is 20.2. The van der Waals surface area contributed by atoms with Gasteiger partial charge in [0, 0.05) is 43.9 Å². The summed E-state index contributed by atoms with van der Waals surface area (Å²) in [5.74, 6) is -0.164. The van der Waals surface area contributed by atoms with E-state index < -0.39 is 0 Å². The lowest BCUT2D eigenvalue weighted by Gasteiger charge is -2.27. The maximum absolute atomic E-state index is 12.9. The van der Waals surface area contributed by atoms with Gasteiger partial charge in [-0.15, -0.1) is 0 Å². The van der Waals surface area contributed by atoms with Crippen molar-refractivity contribution in [3.63, 3.8) is 0 Å². The fourth-order valence-electron chi connectivity index (χ4n) is 3.85. The van der Waals surface area contributed by atoms with Crippen LogP contribution >= 0.6 is 0 Å². The third-order valence-electron chi connectivity index (χ3n) is 5.28. The maximum atomic E-state index is 12.9. The van der Waals surface area contributed by atoms with Gasteiger partial charge in [0.25, 0.3) is 5.91 Å². The lowest BCUT2D eigenvalue weighted by molar-refractivity contribution is 0.0942. The first-order valence-electron chi connectivity index (χ1n) is 10.0. The van der Waals surface area contributed by atoms with Crippen LogP contribution in [-0.4, -0.2) is 38.8 Å². The van der Waals surface area contributed by atoms with E-state index in [4.69, 9.17) is 0 Å². The quantitative estimate of drug-likeness (QED) is 0.650. The minimum absolute atomic E-state index is 0.00687. The molecule has 1 aliphatic rings. The molecule has 29 heavy (non-hydrogen) atoms. The Morgan fingerprint density at radius 3 is 2.41 bits per heavy atom. The Labute approximate surface area is 170 Å². The molecule has 6 nitrogen and oxygen atoms in total. The van der Waals surface area contributed by atoms with Gasteiger partial charge in [-0.3, -0.25) is 14.4 Å². The van der Waals surface area contributed by atoms with Crippen LogP contribution in [0.2, 0.25) is 0 Å². The summed E-state index contributed by atoms with van der Waals surface area (Å²) in [7, 11) is 0. The fraction of sp³-hybridized carbons (Fsp3) is 0.304. The van der Waals surface area contributed by atoms with Crippen LogP contribution in [0.3, 0.4) is 0 Å². The Balaban J connectivity index is 1.52. The number of amides is 1. The van der Waals surface area contributed by atoms with Gasteiger partial charge in [0.05, 0.1) is 13.2 Å². The number of benzene rings is 2. The summed E-state index contributed by atoms with van der Waals surface area (Å²) in [6.45, 7) is 3.32. The van der Waals surface area contributed by atoms with Crippen LogP contribution in [0.1, 0.15) is 32.9 Å². The molecule has 6 heteroatoms. The molecule has 1 aromatic heterocycles. The minimum atomic E-state index is -0.164. The first kappa shape index (κ1) is 19.4. The monoisotopic (exact) mass is 390 g/mol. The summed E-state index contributed by atoms with van der Waals surface area (Å²) >= 11 is 0. The van der Waals surface area contributed by atoms with E-state index in [1.807, 2.05) is 48.5 Å². The average Bonchev–Trinajstić information content (AvgIpc) is 3.12. The van der Waals surface area contributed by atoms with Crippen molar-refractivity contribution < 1.29 is 9.90 Å². The number of rotatable bonds is 7. The van der Waals surface area contributed by atoms with Gasteiger partial charge >= 0.3 is 0 Å². The Morgan fingerprint density at radius 2 is 1.72 bits per heavy atom. The summed E-state index contributed by atoms with van der Waals surface area (Å²) in [4.78, 5) is 15.2. The predicted molar refractivity (Wildman–Crippen MR) is 111 cm³/mol. The van der Waals surface area contributed by atoms with Gasteiger partial charge in [0.2, 0.25) is 0 Å². The van der Waals surface area contributed by atoms with E-state index >= 15 is 0 Å². The molecule has 0 aliphatic carbocycles. The molecule has 1 amide bonds. The predicted octanol–water partition coefficient (Wildman–Crippen LogP) is 2.36. The second-order valence-electron chi connectivity index (χ2n) is 7.34. The average molecular weight is 390 g/mol. The molecule has 0 atom stereocenters. The van der Waals surface area contributed by atoms with E-state index in [0.717, 1.165) is 36.3 Å². The molecule has 2 aromatic carbocycles. The van der Waals surface area contributed by atoms with Crippen molar-refractivity contribution >= 4 is 5.91 Å². The number of nitrogens with zero attached hydrogens (tertiary/aromatic N) is 3. The highest BCUT2D eigenvalue weighted by Gasteiger charge is 2.28. The topological polar surface area (TPSA) is 70.4 Å². The minimum Gasteiger partial charge on any atom is -0.394 e. The molecular weight excluding hydrogens is 364 g/mol. The van der Waals surface area contributed by atoms with Crippen molar-refractivity contribution in [3.8, 4) is 0 Å². The van der Waals surface area contributed by atoms with Crippen LogP contribution in [0.15, 0.2) is 60.7 Å². The van der Waals surface area contributed by atoms with Gasteiger partial charge in [0.15, 0.2) is 5.69 Å². The lowest BCUT2D eigenvalue weighted by Crippen LogP contribution is -2.32. The molecule has 0 saturated heterocycles. The number of aromatic nitrogens is 2. The highest BCUT2D eigenvalue weighted by molar-refractivity contribution is 5.94. The van der Waals surface area contributed by atoms with Crippen LogP contribution in [0, 0.1) is 0 Å². The summed E-state index contributed by atoms with van der Waals surface area (Å²) < 4.78 is 1.80. The third kappa shape index (κ3) is 4.55. The number of hydrogen-bond acceptors (Lipinski definition) is 4. The zero-order chi connectivity index (χ0) is 20.1. The Morgan fingerprint density at radius 1 is 1.03 bits per heavy atom. The molecule has 2 heterocycles. The molecule has 2 N–H and O–H groups in total. The van der Waals surface area contributed by atoms with E-state index in [-0.39, 0.29) is 12.5 Å². The maximum Gasteiger partial charge on any atom is 0.272 e. The Hall–Kier alpha value is -2.96. The molecule has 0 spiro atoms. The number of aliphatic hydroxyl groups excluding tert-OH is 1. The van der Waals surface area contributed by atoms with Crippen molar-refractivity contribution in [1.82, 2.24) is 20.0 Å². The molecule has 3 aromatic rings. The van der Waals surface area contributed by atoms with Crippen LogP contribution in [0.5, 0.6) is 0 Å². The molecule has 0 bridgehead atoms. The normalized spacial score (nSPS) is 13.8. The van der Waals surface area contributed by atoms with Gasteiger partial charge in [0.1, 0.15) is 0 Å². The molecule has 0 radical (unpaired) electrons. The van der Waals surface area contributed by atoms with Crippen molar-refractivity contribution in [1.29, 1.82) is 0 Å². The Kier molecular flexibility index (Phi) is 6.03. The smallest absolute Gasteiger partial charge is 0.272 e. The second kappa shape index (κ2) is 9.03. The van der Waals surface area contributed by atoms with E-state index in [1.165, 1.54) is 5.56 Å². The zero-order valence-electron chi connectivity index (χ0n) is 16.4. The molecular formula is C23H26N4O2. The van der Waals surface area contributed by atoms with Crippen LogP contribution in [-0.2, 0) is 32.6 Å². The van der Waals surface area contributed by atoms with Crippen molar-refractivity contribution in [2.45, 2.75) is 32.6 Å². The molecule has 150 valence electrons. The number of aliphatic hydroxyl groups is 1. The van der Waals surface area contributed by atoms with Gasteiger partial charge in [-0.05, 0) is 11.1 Å². The Bertz CT molecular complexity index is 954. The molecule has 0 unspecified atom stereocenters. The molecule has 0 saturated carbocycles. The van der Waals surface area contributed by atoms with Gasteiger partial charge in [-0.25, -0.2) is 0 Å². The largest absolute Gasteiger partial charge is 0.394 e. The van der Waals surface area contributed by atoms with Crippen molar-refractivity contribution in [3.05, 3.63) is 88.7 Å². The first-order chi connectivity index (χ1) is 14.2. The summed E-state index contributed by atoms with van der Waals surface area (Å²) in [5.41, 5.74) is 4.82. The van der Waals surface area contributed by atoms with Crippen molar-refractivity contribution in [2.24, 2.45) is 0 Å². The number of carbonyl (C=O) groups excluding carboxylic acids is 1. The SMILES string of the molecule is O=C(NCc1ccccc1)c1nn(CCO)c2c1CN(Cc1ccccc1)CC2. The molecule has 4 rings (SSSR count). The van der Waals surface area contributed by atoms with E-state index in [1.54, 1.807) is 4.68 Å². The lowest BCUT2D eigenvalue weighted by atomic mass is 10.0. The van der Waals surface area contributed by atoms with Crippen molar-refractivity contribution in [2.75, 3.05) is 13.2 Å². The fourth-order valence-corrected chi connectivity index (χ4v) is 3.85. The molecule has 1 aliphatic heterocycles. The van der Waals surface area contributed by atoms with Crippen LogP contribution in [0.25, 0.3) is 0 Å². The second-order valence-corrected chi connectivity index (χ2v) is 7.34. The zero-order valence-corrected chi connectivity index (χ0v) is 16.4. The van der Waals surface area contributed by atoms with E-state index in [9.17, 15) is 9.90 Å². The summed E-state index contributed by atoms with van der Waals surface area (Å²) in [5, 5.41) is 16.9. The number of carbonyl (C=O) groups is 1. The van der Waals surface area contributed by atoms with Crippen LogP contribution < -0.4 is 5.32 Å². The molecule has 0 fully saturated rings. The standard InChI is InChI=1S/C23H26N4O2/c28-14-13-27-21-11-12-26(16-19-9-5-2-6-10-19)17-20(21)22(25-27)23(29)24-15-18-7-3-1-4-8-18/h1-10,28H,11-17H2,(H,24,29). The van der Waals surface area contributed by atoms with E-state index in [0.29, 0.717) is 25.3 Å². The van der Waals surface area contributed by atoms with Gasteiger partial charge in [-0.2, -0.15) is 5.10 Å². The number of hydrogen-bond donors (Lipinski definition) is 2. The number of nitrogens with one attached hydrogen (secondary N) is 1. The van der Waals surface area contributed by atoms with Gasteiger partial charge in [-0.1, -0.05) is 60.7 Å².